The summed E-state index contributed by atoms with van der Waals surface area (Å²) in [6.07, 6.45) is -0.00917. The topological polar surface area (TPSA) is 59.1 Å². The number of hydrogen-bond acceptors (Lipinski definition) is 2. The standard InChI is InChI=1S/C10H14N2O/c1-8(13-7-10(11)12)9-5-3-2-4-6-9/h2-6,8H,7H2,1H3,(H3,11,12). The lowest BCUT2D eigenvalue weighted by Gasteiger charge is -2.12. The van der Waals surface area contributed by atoms with Crippen LogP contribution in [-0.4, -0.2) is 12.4 Å². The van der Waals surface area contributed by atoms with Gasteiger partial charge in [-0.05, 0) is 12.5 Å². The normalized spacial score (nSPS) is 12.4. The molecule has 0 saturated carbocycles. The zero-order chi connectivity index (χ0) is 9.68. The van der Waals surface area contributed by atoms with Crippen LogP contribution in [0.5, 0.6) is 0 Å². The fraction of sp³-hybridized carbons (Fsp3) is 0.300. The number of nitrogens with one attached hydrogen (secondary N) is 1. The minimum Gasteiger partial charge on any atom is -0.386 e. The summed E-state index contributed by atoms with van der Waals surface area (Å²) in [6, 6.07) is 9.86. The van der Waals surface area contributed by atoms with E-state index in [1.54, 1.807) is 0 Å². The van der Waals surface area contributed by atoms with E-state index < -0.39 is 0 Å². The molecule has 0 aliphatic carbocycles. The Balaban J connectivity index is 2.49. The second-order valence-electron chi connectivity index (χ2n) is 2.89. The van der Waals surface area contributed by atoms with Gasteiger partial charge in [0.05, 0.1) is 6.10 Å². The van der Waals surface area contributed by atoms with Crippen LogP contribution in [0.4, 0.5) is 0 Å². The van der Waals surface area contributed by atoms with Crippen LogP contribution in [0.2, 0.25) is 0 Å². The van der Waals surface area contributed by atoms with Crippen molar-refractivity contribution in [2.24, 2.45) is 5.73 Å². The Morgan fingerprint density at radius 1 is 1.46 bits per heavy atom. The van der Waals surface area contributed by atoms with E-state index in [2.05, 4.69) is 0 Å². The Hall–Kier alpha value is -1.35. The summed E-state index contributed by atoms with van der Waals surface area (Å²) in [7, 11) is 0. The zero-order valence-electron chi connectivity index (χ0n) is 7.66. The van der Waals surface area contributed by atoms with Crippen molar-refractivity contribution in [1.82, 2.24) is 0 Å². The molecule has 3 nitrogen and oxygen atoms in total. The summed E-state index contributed by atoms with van der Waals surface area (Å²) < 4.78 is 5.34. The van der Waals surface area contributed by atoms with Crippen LogP contribution in [0.15, 0.2) is 30.3 Å². The first-order chi connectivity index (χ1) is 6.20. The van der Waals surface area contributed by atoms with Crippen LogP contribution in [0, 0.1) is 5.41 Å². The molecule has 0 saturated heterocycles. The van der Waals surface area contributed by atoms with Gasteiger partial charge in [0.2, 0.25) is 0 Å². The van der Waals surface area contributed by atoms with Gasteiger partial charge in [0, 0.05) is 0 Å². The Morgan fingerprint density at radius 2 is 2.08 bits per heavy atom. The first kappa shape index (κ1) is 9.74. The Bertz CT molecular complexity index is 272. The van der Waals surface area contributed by atoms with Gasteiger partial charge in [-0.15, -0.1) is 0 Å². The van der Waals surface area contributed by atoms with Gasteiger partial charge >= 0.3 is 0 Å². The fourth-order valence-electron chi connectivity index (χ4n) is 1.04. The smallest absolute Gasteiger partial charge is 0.117 e. The van der Waals surface area contributed by atoms with Crippen LogP contribution < -0.4 is 5.73 Å². The number of amidine groups is 1. The van der Waals surface area contributed by atoms with E-state index in [1.165, 1.54) is 0 Å². The van der Waals surface area contributed by atoms with Crippen molar-refractivity contribution in [3.8, 4) is 0 Å². The monoisotopic (exact) mass is 178 g/mol. The summed E-state index contributed by atoms with van der Waals surface area (Å²) in [5.74, 6) is 0.0581. The average molecular weight is 178 g/mol. The Morgan fingerprint density at radius 3 is 2.62 bits per heavy atom. The maximum atomic E-state index is 7.00. The maximum Gasteiger partial charge on any atom is 0.117 e. The van der Waals surface area contributed by atoms with Gasteiger partial charge in [-0.3, -0.25) is 5.41 Å². The lowest BCUT2D eigenvalue weighted by atomic mass is 10.1. The van der Waals surface area contributed by atoms with Crippen LogP contribution >= 0.6 is 0 Å². The lowest BCUT2D eigenvalue weighted by Crippen LogP contribution is -2.18. The summed E-state index contributed by atoms with van der Waals surface area (Å²) in [6.45, 7) is 2.13. The molecule has 70 valence electrons. The van der Waals surface area contributed by atoms with E-state index in [4.69, 9.17) is 15.9 Å². The molecule has 1 aromatic carbocycles. The van der Waals surface area contributed by atoms with Gasteiger partial charge in [0.25, 0.3) is 0 Å². The second-order valence-corrected chi connectivity index (χ2v) is 2.89. The third-order valence-electron chi connectivity index (χ3n) is 1.76. The molecule has 1 atom stereocenters. The van der Waals surface area contributed by atoms with E-state index in [9.17, 15) is 0 Å². The van der Waals surface area contributed by atoms with Gasteiger partial charge in [-0.1, -0.05) is 30.3 Å². The molecular formula is C10H14N2O. The Labute approximate surface area is 78.0 Å². The summed E-state index contributed by atoms with van der Waals surface area (Å²) in [5, 5.41) is 7.00. The summed E-state index contributed by atoms with van der Waals surface area (Å²) in [5.41, 5.74) is 6.28. The van der Waals surface area contributed by atoms with Crippen LogP contribution in [0.3, 0.4) is 0 Å². The molecule has 0 aliphatic heterocycles. The van der Waals surface area contributed by atoms with Crippen molar-refractivity contribution in [2.75, 3.05) is 6.61 Å². The number of nitrogens with two attached hydrogens (primary N) is 1. The maximum absolute atomic E-state index is 7.00. The van der Waals surface area contributed by atoms with E-state index in [1.807, 2.05) is 37.3 Å². The lowest BCUT2D eigenvalue weighted by molar-refractivity contribution is 0.0957. The van der Waals surface area contributed by atoms with Crippen molar-refractivity contribution in [2.45, 2.75) is 13.0 Å². The predicted octanol–water partition coefficient (Wildman–Crippen LogP) is 1.70. The van der Waals surface area contributed by atoms with Crippen molar-refractivity contribution in [3.05, 3.63) is 35.9 Å². The molecule has 0 spiro atoms. The second kappa shape index (κ2) is 4.62. The fourth-order valence-corrected chi connectivity index (χ4v) is 1.04. The van der Waals surface area contributed by atoms with Gasteiger partial charge in [-0.25, -0.2) is 0 Å². The first-order valence-corrected chi connectivity index (χ1v) is 4.19. The Kier molecular flexibility index (Phi) is 3.46. The van der Waals surface area contributed by atoms with Crippen molar-refractivity contribution >= 4 is 5.84 Å². The third kappa shape index (κ3) is 3.25. The minimum atomic E-state index is -0.00917. The highest BCUT2D eigenvalue weighted by Gasteiger charge is 2.04. The molecule has 1 aromatic rings. The largest absolute Gasteiger partial charge is 0.386 e. The molecule has 3 N–H and O–H groups in total. The highest BCUT2D eigenvalue weighted by Crippen LogP contribution is 2.14. The van der Waals surface area contributed by atoms with Crippen molar-refractivity contribution < 1.29 is 4.74 Å². The molecule has 0 heterocycles. The van der Waals surface area contributed by atoms with Crippen LogP contribution in [0.25, 0.3) is 0 Å². The number of ether oxygens (including phenoxy) is 1. The molecule has 0 radical (unpaired) electrons. The van der Waals surface area contributed by atoms with E-state index in [0.717, 1.165) is 5.56 Å². The van der Waals surface area contributed by atoms with E-state index >= 15 is 0 Å². The van der Waals surface area contributed by atoms with Crippen LogP contribution in [-0.2, 0) is 4.74 Å². The third-order valence-corrected chi connectivity index (χ3v) is 1.76. The van der Waals surface area contributed by atoms with Crippen molar-refractivity contribution in [1.29, 1.82) is 5.41 Å². The molecule has 0 amide bonds. The quantitative estimate of drug-likeness (QED) is 0.544. The SMILES string of the molecule is CC(OCC(=N)N)c1ccccc1. The molecule has 1 unspecified atom stereocenters. The highest BCUT2D eigenvalue weighted by atomic mass is 16.5. The summed E-state index contributed by atoms with van der Waals surface area (Å²) in [4.78, 5) is 0. The number of hydrogen-bond donors (Lipinski definition) is 2. The van der Waals surface area contributed by atoms with E-state index in [0.29, 0.717) is 0 Å². The molecule has 0 bridgehead atoms. The molecule has 0 aromatic heterocycles. The molecule has 0 aliphatic rings. The molecule has 1 rings (SSSR count). The van der Waals surface area contributed by atoms with Gasteiger partial charge in [0.15, 0.2) is 0 Å². The average Bonchev–Trinajstić information content (AvgIpc) is 2.15. The molecule has 3 heteroatoms. The van der Waals surface area contributed by atoms with Gasteiger partial charge in [-0.2, -0.15) is 0 Å². The summed E-state index contributed by atoms with van der Waals surface area (Å²) >= 11 is 0. The molecule has 13 heavy (non-hydrogen) atoms. The number of rotatable bonds is 4. The van der Waals surface area contributed by atoms with Gasteiger partial charge in [0.1, 0.15) is 12.4 Å². The molecule has 0 fully saturated rings. The minimum absolute atomic E-state index is 0.00917. The predicted molar refractivity (Wildman–Crippen MR) is 52.7 cm³/mol. The van der Waals surface area contributed by atoms with Crippen LogP contribution in [0.1, 0.15) is 18.6 Å². The number of benzene rings is 1. The molecular weight excluding hydrogens is 164 g/mol. The van der Waals surface area contributed by atoms with E-state index in [-0.39, 0.29) is 18.5 Å². The van der Waals surface area contributed by atoms with Gasteiger partial charge < -0.3 is 10.5 Å². The highest BCUT2D eigenvalue weighted by molar-refractivity contribution is 5.78. The zero-order valence-corrected chi connectivity index (χ0v) is 7.66. The van der Waals surface area contributed by atoms with Crippen molar-refractivity contribution in [3.63, 3.8) is 0 Å². The first-order valence-electron chi connectivity index (χ1n) is 4.19.